The largest absolute Gasteiger partial charge is 0.497 e. The van der Waals surface area contributed by atoms with E-state index in [0.717, 1.165) is 15.2 Å². The second-order valence-corrected chi connectivity index (χ2v) is 8.74. The molecule has 0 saturated heterocycles. The van der Waals surface area contributed by atoms with Crippen molar-refractivity contribution in [2.24, 2.45) is 0 Å². The van der Waals surface area contributed by atoms with Crippen molar-refractivity contribution in [3.05, 3.63) is 116 Å². The molecule has 39 heavy (non-hydrogen) atoms. The van der Waals surface area contributed by atoms with E-state index in [2.05, 4.69) is 6.07 Å². The van der Waals surface area contributed by atoms with Crippen molar-refractivity contribution in [1.29, 1.82) is 5.26 Å². The van der Waals surface area contributed by atoms with Crippen LogP contribution in [0, 0.1) is 17.1 Å². The van der Waals surface area contributed by atoms with Crippen LogP contribution < -0.4 is 20.7 Å². The molecule has 0 aliphatic heterocycles. The maximum atomic E-state index is 15.3. The third-order valence-corrected chi connectivity index (χ3v) is 6.15. The van der Waals surface area contributed by atoms with E-state index in [9.17, 15) is 19.6 Å². The van der Waals surface area contributed by atoms with Crippen molar-refractivity contribution < 1.29 is 18.7 Å². The first kappa shape index (κ1) is 27.1. The Morgan fingerprint density at radius 3 is 2.41 bits per heavy atom. The van der Waals surface area contributed by atoms with E-state index in [-0.39, 0.29) is 24.6 Å². The molecule has 0 aliphatic rings. The minimum atomic E-state index is -0.797. The summed E-state index contributed by atoms with van der Waals surface area (Å²) in [6, 6.07) is 20.9. The monoisotopic (exact) mass is 527 g/mol. The number of benzene rings is 3. The van der Waals surface area contributed by atoms with Crippen molar-refractivity contribution in [3.8, 4) is 28.8 Å². The average molecular weight is 528 g/mol. The summed E-state index contributed by atoms with van der Waals surface area (Å²) < 4.78 is 28.0. The minimum Gasteiger partial charge on any atom is -0.497 e. The van der Waals surface area contributed by atoms with E-state index in [1.807, 2.05) is 6.92 Å². The lowest BCUT2D eigenvalue weighted by Gasteiger charge is -2.16. The molecule has 0 radical (unpaired) electrons. The van der Waals surface area contributed by atoms with Crippen LogP contribution in [-0.4, -0.2) is 28.6 Å². The van der Waals surface area contributed by atoms with E-state index >= 15 is 4.39 Å². The fourth-order valence-electron chi connectivity index (χ4n) is 4.07. The molecule has 1 heterocycles. The number of methoxy groups -OCH3 is 1. The Morgan fingerprint density at radius 1 is 1.00 bits per heavy atom. The normalized spacial score (nSPS) is 10.6. The zero-order valence-electron chi connectivity index (χ0n) is 21.5. The minimum absolute atomic E-state index is 0.0155. The topological polar surface area (TPSA) is 103 Å². The maximum Gasteiger partial charge on any atom is 0.334 e. The van der Waals surface area contributed by atoms with Crippen molar-refractivity contribution >= 4 is 5.78 Å². The lowest BCUT2D eigenvalue weighted by atomic mass is 9.99. The summed E-state index contributed by atoms with van der Waals surface area (Å²) in [7, 11) is 1.50. The number of aromatic nitrogens is 2. The first-order valence-electron chi connectivity index (χ1n) is 12.3. The van der Waals surface area contributed by atoms with Crippen LogP contribution in [0.1, 0.15) is 34.8 Å². The van der Waals surface area contributed by atoms with Gasteiger partial charge in [0.25, 0.3) is 5.56 Å². The number of Topliss-reactive ketones (excluding diaryl/α,β-unsaturated/α-hetero) is 1. The van der Waals surface area contributed by atoms with Gasteiger partial charge in [-0.05, 0) is 53.9 Å². The van der Waals surface area contributed by atoms with Gasteiger partial charge in [0.05, 0.1) is 44.5 Å². The predicted octanol–water partition coefficient (Wildman–Crippen LogP) is 4.42. The molecule has 0 atom stereocenters. The third-order valence-electron chi connectivity index (χ3n) is 6.15. The first-order chi connectivity index (χ1) is 18.9. The molecule has 198 valence electrons. The molecule has 4 rings (SSSR count). The summed E-state index contributed by atoms with van der Waals surface area (Å²) in [5.41, 5.74) is 0.479. The Balaban J connectivity index is 1.70. The average Bonchev–Trinajstić information content (AvgIpc) is 2.96. The number of carbonyl (C=O) groups is 1. The molecule has 9 heteroatoms. The number of nitriles is 1. The molecular formula is C30H26FN3O5. The van der Waals surface area contributed by atoms with Gasteiger partial charge < -0.3 is 9.47 Å². The van der Waals surface area contributed by atoms with Gasteiger partial charge in [-0.15, -0.1) is 0 Å². The Morgan fingerprint density at radius 2 is 1.74 bits per heavy atom. The number of rotatable bonds is 10. The lowest BCUT2D eigenvalue weighted by molar-refractivity contribution is 0.0968. The van der Waals surface area contributed by atoms with Crippen LogP contribution in [0.15, 0.2) is 82.4 Å². The number of ketones is 1. The lowest BCUT2D eigenvalue weighted by Crippen LogP contribution is -2.42. The molecule has 0 saturated carbocycles. The Kier molecular flexibility index (Phi) is 8.37. The van der Waals surface area contributed by atoms with Gasteiger partial charge in [-0.25, -0.2) is 9.18 Å². The van der Waals surface area contributed by atoms with Crippen molar-refractivity contribution in [2.75, 3.05) is 13.7 Å². The molecule has 4 aromatic rings. The molecule has 0 bridgehead atoms. The fraction of sp³-hybridized carbons (Fsp3) is 0.200. The molecule has 0 unspecified atom stereocenters. The smallest absolute Gasteiger partial charge is 0.334 e. The van der Waals surface area contributed by atoms with Crippen LogP contribution in [0.5, 0.6) is 11.6 Å². The standard InChI is InChI=1S/C30H26FN3O5/c1-3-14-39-29-16-28(36)33(19-27(35)20-10-12-24(38-2)13-11-20)30(37)34(29)18-23-9-8-21(15-26(23)31)25-7-5-4-6-22(25)17-32/h4-13,15-16H,3,14,18-19H2,1-2H3. The molecule has 0 fully saturated rings. The number of hydrogen-bond acceptors (Lipinski definition) is 6. The zero-order valence-corrected chi connectivity index (χ0v) is 21.5. The molecule has 0 amide bonds. The maximum absolute atomic E-state index is 15.3. The number of halogens is 1. The van der Waals surface area contributed by atoms with E-state index in [1.165, 1.54) is 19.2 Å². The number of carbonyl (C=O) groups excluding carboxylic acids is 1. The van der Waals surface area contributed by atoms with Gasteiger partial charge >= 0.3 is 5.69 Å². The predicted molar refractivity (Wildman–Crippen MR) is 144 cm³/mol. The summed E-state index contributed by atoms with van der Waals surface area (Å²) in [6.07, 6.45) is 0.620. The Bertz CT molecular complexity index is 1670. The SMILES string of the molecule is CCCOc1cc(=O)n(CC(=O)c2ccc(OC)cc2)c(=O)n1Cc1ccc(-c2ccccc2C#N)cc1F. The van der Waals surface area contributed by atoms with Gasteiger partial charge in [-0.2, -0.15) is 5.26 Å². The van der Waals surface area contributed by atoms with Crippen molar-refractivity contribution in [2.45, 2.75) is 26.4 Å². The van der Waals surface area contributed by atoms with Gasteiger partial charge in [0.1, 0.15) is 11.6 Å². The van der Waals surface area contributed by atoms with Crippen molar-refractivity contribution in [1.82, 2.24) is 9.13 Å². The molecule has 0 N–H and O–H groups in total. The van der Waals surface area contributed by atoms with Crippen molar-refractivity contribution in [3.63, 3.8) is 0 Å². The number of nitrogens with zero attached hydrogens (tertiary/aromatic N) is 3. The molecule has 3 aromatic carbocycles. The van der Waals surface area contributed by atoms with Crippen LogP contribution in [0.25, 0.3) is 11.1 Å². The van der Waals surface area contributed by atoms with Crippen LogP contribution in [0.2, 0.25) is 0 Å². The van der Waals surface area contributed by atoms with Gasteiger partial charge in [0.2, 0.25) is 5.88 Å². The van der Waals surface area contributed by atoms with Gasteiger partial charge in [-0.1, -0.05) is 37.3 Å². The highest BCUT2D eigenvalue weighted by atomic mass is 19.1. The summed E-state index contributed by atoms with van der Waals surface area (Å²) in [5.74, 6) is -0.496. The second kappa shape index (κ2) is 12.0. The molecule has 8 nitrogen and oxygen atoms in total. The number of ether oxygens (including phenoxy) is 2. The third kappa shape index (κ3) is 5.96. The van der Waals surface area contributed by atoms with E-state index in [4.69, 9.17) is 9.47 Å². The van der Waals surface area contributed by atoms with Gasteiger partial charge in [-0.3, -0.25) is 18.7 Å². The highest BCUT2D eigenvalue weighted by Crippen LogP contribution is 2.26. The van der Waals surface area contributed by atoms with Crippen LogP contribution >= 0.6 is 0 Å². The quantitative estimate of drug-likeness (QED) is 0.283. The number of hydrogen-bond donors (Lipinski definition) is 0. The van der Waals surface area contributed by atoms with Crippen LogP contribution in [0.4, 0.5) is 4.39 Å². The summed E-state index contributed by atoms with van der Waals surface area (Å²) >= 11 is 0. The first-order valence-corrected chi connectivity index (χ1v) is 12.3. The highest BCUT2D eigenvalue weighted by molar-refractivity contribution is 5.96. The molecule has 0 aliphatic carbocycles. The highest BCUT2D eigenvalue weighted by Gasteiger charge is 2.18. The Hall–Kier alpha value is -4.97. The molecule has 1 aromatic heterocycles. The fourth-order valence-corrected chi connectivity index (χ4v) is 4.07. The molecule has 0 spiro atoms. The zero-order chi connectivity index (χ0) is 27.9. The van der Waals surface area contributed by atoms with Gasteiger partial charge in [0.15, 0.2) is 5.78 Å². The summed E-state index contributed by atoms with van der Waals surface area (Å²) in [6.45, 7) is 1.38. The van der Waals surface area contributed by atoms with Gasteiger partial charge in [0, 0.05) is 11.1 Å². The van der Waals surface area contributed by atoms with E-state index in [0.29, 0.717) is 34.4 Å². The Labute approximate surface area is 224 Å². The molecular weight excluding hydrogens is 501 g/mol. The van der Waals surface area contributed by atoms with E-state index < -0.39 is 29.4 Å². The van der Waals surface area contributed by atoms with E-state index in [1.54, 1.807) is 54.6 Å². The van der Waals surface area contributed by atoms with Crippen LogP contribution in [-0.2, 0) is 13.1 Å². The second-order valence-electron chi connectivity index (χ2n) is 8.74. The summed E-state index contributed by atoms with van der Waals surface area (Å²) in [4.78, 5) is 39.1. The van der Waals surface area contributed by atoms with Crippen LogP contribution in [0.3, 0.4) is 0 Å². The summed E-state index contributed by atoms with van der Waals surface area (Å²) in [5, 5.41) is 9.38.